The molecule has 100 valence electrons. The highest BCUT2D eigenvalue weighted by atomic mass is 79.9. The SMILES string of the molecule is CCc1cc(CC)n(CC(=O)c2ccc(Br)cc2)n1. The van der Waals surface area contributed by atoms with E-state index < -0.39 is 0 Å². The van der Waals surface area contributed by atoms with E-state index in [1.54, 1.807) is 0 Å². The molecule has 0 N–H and O–H groups in total. The van der Waals surface area contributed by atoms with Crippen LogP contribution in [0.2, 0.25) is 0 Å². The van der Waals surface area contributed by atoms with Crippen LogP contribution in [0.4, 0.5) is 0 Å². The Hall–Kier alpha value is -1.42. The summed E-state index contributed by atoms with van der Waals surface area (Å²) in [6.45, 7) is 4.46. The lowest BCUT2D eigenvalue weighted by Gasteiger charge is -2.05. The molecule has 4 heteroatoms. The molecule has 0 unspecified atom stereocenters. The zero-order valence-corrected chi connectivity index (χ0v) is 12.8. The lowest BCUT2D eigenvalue weighted by Crippen LogP contribution is -2.14. The number of nitrogens with zero attached hydrogens (tertiary/aromatic N) is 2. The second-order valence-corrected chi connectivity index (χ2v) is 5.34. The van der Waals surface area contributed by atoms with E-state index >= 15 is 0 Å². The second-order valence-electron chi connectivity index (χ2n) is 4.42. The van der Waals surface area contributed by atoms with Crippen LogP contribution in [0.1, 0.15) is 35.6 Å². The van der Waals surface area contributed by atoms with Crippen LogP contribution < -0.4 is 0 Å². The summed E-state index contributed by atoms with van der Waals surface area (Å²) in [6, 6.07) is 9.52. The minimum absolute atomic E-state index is 0.0907. The normalized spacial score (nSPS) is 10.7. The van der Waals surface area contributed by atoms with Gasteiger partial charge in [-0.3, -0.25) is 9.48 Å². The van der Waals surface area contributed by atoms with Crippen LogP contribution in [-0.2, 0) is 19.4 Å². The molecule has 0 aliphatic rings. The number of rotatable bonds is 5. The predicted molar refractivity (Wildman–Crippen MR) is 79.5 cm³/mol. The van der Waals surface area contributed by atoms with Crippen molar-refractivity contribution in [1.82, 2.24) is 9.78 Å². The van der Waals surface area contributed by atoms with Crippen LogP contribution in [0.15, 0.2) is 34.8 Å². The smallest absolute Gasteiger partial charge is 0.184 e. The topological polar surface area (TPSA) is 34.9 Å². The van der Waals surface area contributed by atoms with Crippen molar-refractivity contribution in [1.29, 1.82) is 0 Å². The van der Waals surface area contributed by atoms with Gasteiger partial charge in [0.05, 0.1) is 5.69 Å². The third-order valence-electron chi connectivity index (χ3n) is 3.10. The van der Waals surface area contributed by atoms with Crippen molar-refractivity contribution in [3.63, 3.8) is 0 Å². The van der Waals surface area contributed by atoms with Crippen molar-refractivity contribution in [2.24, 2.45) is 0 Å². The Morgan fingerprint density at radius 2 is 1.89 bits per heavy atom. The lowest BCUT2D eigenvalue weighted by molar-refractivity contribution is 0.0966. The zero-order chi connectivity index (χ0) is 13.8. The molecule has 0 saturated carbocycles. The molecule has 0 atom stereocenters. The van der Waals surface area contributed by atoms with Crippen LogP contribution in [0.5, 0.6) is 0 Å². The number of hydrogen-bond donors (Lipinski definition) is 0. The van der Waals surface area contributed by atoms with Crippen LogP contribution in [-0.4, -0.2) is 15.6 Å². The maximum atomic E-state index is 12.2. The molecule has 0 aliphatic heterocycles. The quantitative estimate of drug-likeness (QED) is 0.788. The molecule has 0 bridgehead atoms. The van der Waals surface area contributed by atoms with Gasteiger partial charge in [0, 0.05) is 15.7 Å². The van der Waals surface area contributed by atoms with E-state index in [-0.39, 0.29) is 5.78 Å². The summed E-state index contributed by atoms with van der Waals surface area (Å²) < 4.78 is 2.80. The van der Waals surface area contributed by atoms with Gasteiger partial charge in [-0.2, -0.15) is 5.10 Å². The van der Waals surface area contributed by atoms with Gasteiger partial charge in [0.15, 0.2) is 5.78 Å². The fourth-order valence-electron chi connectivity index (χ4n) is 1.97. The molecule has 1 aromatic heterocycles. The van der Waals surface area contributed by atoms with Crippen molar-refractivity contribution in [3.8, 4) is 0 Å². The van der Waals surface area contributed by atoms with Crippen molar-refractivity contribution in [2.45, 2.75) is 33.2 Å². The lowest BCUT2D eigenvalue weighted by atomic mass is 10.1. The van der Waals surface area contributed by atoms with Gasteiger partial charge in [-0.15, -0.1) is 0 Å². The molecule has 0 spiro atoms. The summed E-state index contributed by atoms with van der Waals surface area (Å²) in [5, 5.41) is 4.47. The Morgan fingerprint density at radius 1 is 1.21 bits per heavy atom. The van der Waals surface area contributed by atoms with Crippen molar-refractivity contribution < 1.29 is 4.79 Å². The first kappa shape index (κ1) is 14.0. The minimum Gasteiger partial charge on any atom is -0.292 e. The average molecular weight is 321 g/mol. The Kier molecular flexibility index (Phi) is 4.53. The average Bonchev–Trinajstić information content (AvgIpc) is 2.81. The highest BCUT2D eigenvalue weighted by Crippen LogP contribution is 2.13. The van der Waals surface area contributed by atoms with E-state index in [1.165, 1.54) is 0 Å². The summed E-state index contributed by atoms with van der Waals surface area (Å²) >= 11 is 3.37. The first-order chi connectivity index (χ1) is 9.13. The molecule has 0 radical (unpaired) electrons. The number of aromatic nitrogens is 2. The third-order valence-corrected chi connectivity index (χ3v) is 3.63. The number of hydrogen-bond acceptors (Lipinski definition) is 2. The predicted octanol–water partition coefficient (Wildman–Crippen LogP) is 3.65. The van der Waals surface area contributed by atoms with Crippen LogP contribution in [0, 0.1) is 0 Å². The zero-order valence-electron chi connectivity index (χ0n) is 11.2. The largest absolute Gasteiger partial charge is 0.292 e. The van der Waals surface area contributed by atoms with Gasteiger partial charge >= 0.3 is 0 Å². The van der Waals surface area contributed by atoms with E-state index in [0.717, 1.165) is 34.3 Å². The van der Waals surface area contributed by atoms with Crippen LogP contribution in [0.3, 0.4) is 0 Å². The molecular weight excluding hydrogens is 304 g/mol. The number of carbonyl (C=O) groups excluding carboxylic acids is 1. The van der Waals surface area contributed by atoms with Crippen molar-refractivity contribution in [3.05, 3.63) is 51.8 Å². The van der Waals surface area contributed by atoms with E-state index in [0.29, 0.717) is 6.54 Å². The summed E-state index contributed by atoms with van der Waals surface area (Å²) in [4.78, 5) is 12.2. The van der Waals surface area contributed by atoms with E-state index in [4.69, 9.17) is 0 Å². The number of benzene rings is 1. The highest BCUT2D eigenvalue weighted by Gasteiger charge is 2.11. The molecule has 0 fully saturated rings. The molecule has 0 amide bonds. The summed E-state index contributed by atoms with van der Waals surface area (Å²) in [5.41, 5.74) is 2.88. The Balaban J connectivity index is 2.18. The summed E-state index contributed by atoms with van der Waals surface area (Å²) in [6.07, 6.45) is 1.78. The fraction of sp³-hybridized carbons (Fsp3) is 0.333. The van der Waals surface area contributed by atoms with E-state index in [9.17, 15) is 4.79 Å². The number of halogens is 1. The minimum atomic E-state index is 0.0907. The maximum absolute atomic E-state index is 12.2. The third kappa shape index (κ3) is 3.32. The standard InChI is InChI=1S/C15H17BrN2O/c1-3-13-9-14(4-2)18(17-13)10-15(19)11-5-7-12(16)8-6-11/h5-9H,3-4,10H2,1-2H3. The van der Waals surface area contributed by atoms with Gasteiger partial charge in [0.1, 0.15) is 6.54 Å². The Morgan fingerprint density at radius 3 is 2.47 bits per heavy atom. The maximum Gasteiger partial charge on any atom is 0.184 e. The molecule has 1 heterocycles. The van der Waals surface area contributed by atoms with Gasteiger partial charge in [-0.25, -0.2) is 0 Å². The molecule has 0 aliphatic carbocycles. The summed E-state index contributed by atoms with van der Waals surface area (Å²) in [5.74, 6) is 0.0907. The van der Waals surface area contributed by atoms with E-state index in [2.05, 4.69) is 40.9 Å². The van der Waals surface area contributed by atoms with Gasteiger partial charge in [-0.1, -0.05) is 41.9 Å². The fourth-order valence-corrected chi connectivity index (χ4v) is 2.24. The molecule has 0 saturated heterocycles. The number of ketones is 1. The first-order valence-electron chi connectivity index (χ1n) is 6.48. The molecular formula is C15H17BrN2O. The van der Waals surface area contributed by atoms with Gasteiger partial charge in [-0.05, 0) is 31.0 Å². The Bertz CT molecular complexity index is 572. The summed E-state index contributed by atoms with van der Waals surface area (Å²) in [7, 11) is 0. The number of aryl methyl sites for hydroxylation is 2. The molecule has 19 heavy (non-hydrogen) atoms. The number of carbonyl (C=O) groups is 1. The van der Waals surface area contributed by atoms with Gasteiger partial charge < -0.3 is 0 Å². The molecule has 2 rings (SSSR count). The second kappa shape index (κ2) is 6.15. The molecule has 2 aromatic rings. The van der Waals surface area contributed by atoms with Crippen LogP contribution >= 0.6 is 15.9 Å². The van der Waals surface area contributed by atoms with Crippen molar-refractivity contribution in [2.75, 3.05) is 0 Å². The van der Waals surface area contributed by atoms with Crippen molar-refractivity contribution >= 4 is 21.7 Å². The highest BCUT2D eigenvalue weighted by molar-refractivity contribution is 9.10. The Labute approximate surface area is 121 Å². The number of Topliss-reactive ketones (excluding diaryl/α,β-unsaturated/α-hetero) is 1. The van der Waals surface area contributed by atoms with Crippen LogP contribution in [0.25, 0.3) is 0 Å². The van der Waals surface area contributed by atoms with Gasteiger partial charge in [0.25, 0.3) is 0 Å². The monoisotopic (exact) mass is 320 g/mol. The molecule has 3 nitrogen and oxygen atoms in total. The van der Waals surface area contributed by atoms with E-state index in [1.807, 2.05) is 28.9 Å². The molecule has 1 aromatic carbocycles. The van der Waals surface area contributed by atoms with Gasteiger partial charge in [0.2, 0.25) is 0 Å². The first-order valence-corrected chi connectivity index (χ1v) is 7.27.